The number of benzene rings is 1. The Morgan fingerprint density at radius 1 is 1.00 bits per heavy atom. The van der Waals surface area contributed by atoms with Gasteiger partial charge in [0.2, 0.25) is 0 Å². The van der Waals surface area contributed by atoms with Crippen molar-refractivity contribution in [3.05, 3.63) is 29.8 Å². The second-order valence-corrected chi connectivity index (χ2v) is 6.67. The summed E-state index contributed by atoms with van der Waals surface area (Å²) in [6.07, 6.45) is 2.26. The largest absolute Gasteiger partial charge is 0.493 e. The molecule has 2 aliphatic rings. The highest BCUT2D eigenvalue weighted by molar-refractivity contribution is 6.61. The van der Waals surface area contributed by atoms with Gasteiger partial charge in [0.1, 0.15) is 0 Å². The molecule has 0 N–H and O–H groups in total. The smallest absolute Gasteiger partial charge is 0.407 e. The van der Waals surface area contributed by atoms with Crippen LogP contribution in [0.1, 0.15) is 38.2 Å². The molecule has 0 unspecified atom stereocenters. The molecule has 2 heterocycles. The van der Waals surface area contributed by atoms with Gasteiger partial charge in [-0.3, -0.25) is 0 Å². The van der Waals surface area contributed by atoms with Crippen LogP contribution in [-0.2, 0) is 14.0 Å². The predicted octanol–water partition coefficient (Wildman–Crippen LogP) is 2.35. The van der Waals surface area contributed by atoms with Gasteiger partial charge in [-0.15, -0.1) is 0 Å². The molecule has 108 valence electrons. The Morgan fingerprint density at radius 3 is 2.20 bits per heavy atom. The zero-order valence-electron chi connectivity index (χ0n) is 12.4. The van der Waals surface area contributed by atoms with Crippen molar-refractivity contribution < 1.29 is 14.0 Å². The van der Waals surface area contributed by atoms with Crippen LogP contribution in [0.3, 0.4) is 0 Å². The van der Waals surface area contributed by atoms with E-state index in [2.05, 4.69) is 38.1 Å². The van der Waals surface area contributed by atoms with E-state index in [-0.39, 0.29) is 12.5 Å². The topological polar surface area (TPSA) is 27.7 Å². The van der Waals surface area contributed by atoms with Crippen LogP contribution in [0.4, 0.5) is 0 Å². The van der Waals surface area contributed by atoms with Crippen molar-refractivity contribution in [2.45, 2.75) is 32.6 Å². The summed E-state index contributed by atoms with van der Waals surface area (Å²) in [6.45, 7) is 7.60. The molecule has 1 aromatic rings. The Morgan fingerprint density at radius 2 is 1.60 bits per heavy atom. The highest BCUT2D eigenvalue weighted by Gasteiger charge is 2.33. The third kappa shape index (κ3) is 3.25. The Balaban J connectivity index is 1.64. The van der Waals surface area contributed by atoms with E-state index < -0.39 is 0 Å². The summed E-state index contributed by atoms with van der Waals surface area (Å²) < 4.78 is 17.1. The first-order valence-electron chi connectivity index (χ1n) is 7.55. The van der Waals surface area contributed by atoms with Gasteiger partial charge in [-0.1, -0.05) is 38.1 Å². The lowest BCUT2D eigenvalue weighted by Gasteiger charge is -2.33. The van der Waals surface area contributed by atoms with Crippen molar-refractivity contribution in [2.24, 2.45) is 5.41 Å². The summed E-state index contributed by atoms with van der Waals surface area (Å²) >= 11 is 0. The van der Waals surface area contributed by atoms with Crippen molar-refractivity contribution in [3.63, 3.8) is 0 Å². The maximum Gasteiger partial charge on any atom is 0.493 e. The number of rotatable bonds is 2. The van der Waals surface area contributed by atoms with Gasteiger partial charge in [0.05, 0.1) is 0 Å². The fourth-order valence-electron chi connectivity index (χ4n) is 2.84. The Bertz CT molecular complexity index is 428. The first kappa shape index (κ1) is 14.1. The van der Waals surface area contributed by atoms with Gasteiger partial charge in [-0.05, 0) is 29.8 Å². The zero-order valence-corrected chi connectivity index (χ0v) is 12.4. The SMILES string of the molecule is CC1(C)COB(c2ccc(C3CCOCC3)cc2)OC1. The lowest BCUT2D eigenvalue weighted by atomic mass is 9.75. The molecule has 0 bridgehead atoms. The van der Waals surface area contributed by atoms with E-state index in [4.69, 9.17) is 14.0 Å². The number of hydrogen-bond acceptors (Lipinski definition) is 3. The quantitative estimate of drug-likeness (QED) is 0.775. The highest BCUT2D eigenvalue weighted by Crippen LogP contribution is 2.26. The van der Waals surface area contributed by atoms with Crippen molar-refractivity contribution in [1.82, 2.24) is 0 Å². The van der Waals surface area contributed by atoms with Gasteiger partial charge >= 0.3 is 7.12 Å². The Labute approximate surface area is 121 Å². The fraction of sp³-hybridized carbons (Fsp3) is 0.625. The molecule has 2 aliphatic heterocycles. The summed E-state index contributed by atoms with van der Waals surface area (Å²) in [5.74, 6) is 0.643. The molecular formula is C16H23BO3. The van der Waals surface area contributed by atoms with Crippen molar-refractivity contribution >= 4 is 12.6 Å². The molecule has 2 fully saturated rings. The van der Waals surface area contributed by atoms with E-state index in [0.717, 1.165) is 44.7 Å². The summed E-state index contributed by atoms with van der Waals surface area (Å²) in [6, 6.07) is 8.73. The van der Waals surface area contributed by atoms with Gasteiger partial charge in [0, 0.05) is 31.8 Å². The molecule has 0 saturated carbocycles. The van der Waals surface area contributed by atoms with E-state index in [1.54, 1.807) is 0 Å². The standard InChI is InChI=1S/C16H23BO3/c1-16(2)11-19-17(20-12-16)15-5-3-13(4-6-15)14-7-9-18-10-8-14/h3-6,14H,7-12H2,1-2H3. The molecule has 3 nitrogen and oxygen atoms in total. The van der Waals surface area contributed by atoms with Crippen LogP contribution in [0.5, 0.6) is 0 Å². The van der Waals surface area contributed by atoms with E-state index in [0.29, 0.717) is 5.92 Å². The maximum atomic E-state index is 5.82. The molecular weight excluding hydrogens is 251 g/mol. The number of ether oxygens (including phenoxy) is 1. The van der Waals surface area contributed by atoms with E-state index in [1.807, 2.05) is 0 Å². The normalized spacial score (nSPS) is 23.8. The molecule has 0 spiro atoms. The second kappa shape index (κ2) is 5.88. The molecule has 3 rings (SSSR count). The zero-order chi connectivity index (χ0) is 14.0. The molecule has 1 aromatic carbocycles. The van der Waals surface area contributed by atoms with Gasteiger partial charge < -0.3 is 14.0 Å². The average Bonchev–Trinajstić information content (AvgIpc) is 2.48. The lowest BCUT2D eigenvalue weighted by molar-refractivity contribution is 0.0343. The molecule has 20 heavy (non-hydrogen) atoms. The minimum absolute atomic E-state index is 0.124. The van der Waals surface area contributed by atoms with Crippen LogP contribution in [0.15, 0.2) is 24.3 Å². The minimum atomic E-state index is -0.202. The first-order chi connectivity index (χ1) is 9.64. The monoisotopic (exact) mass is 274 g/mol. The van der Waals surface area contributed by atoms with E-state index in [1.165, 1.54) is 5.56 Å². The van der Waals surface area contributed by atoms with Crippen LogP contribution in [-0.4, -0.2) is 33.5 Å². The summed E-state index contributed by atoms with van der Waals surface area (Å²) in [4.78, 5) is 0. The third-order valence-corrected chi connectivity index (χ3v) is 4.15. The van der Waals surface area contributed by atoms with Gasteiger partial charge in [-0.25, -0.2) is 0 Å². The molecule has 0 amide bonds. The van der Waals surface area contributed by atoms with E-state index >= 15 is 0 Å². The maximum absolute atomic E-state index is 5.82. The number of hydrogen-bond donors (Lipinski definition) is 0. The van der Waals surface area contributed by atoms with Crippen molar-refractivity contribution in [1.29, 1.82) is 0 Å². The summed E-state index contributed by atoms with van der Waals surface area (Å²) in [5.41, 5.74) is 2.66. The van der Waals surface area contributed by atoms with Crippen molar-refractivity contribution in [3.8, 4) is 0 Å². The third-order valence-electron chi connectivity index (χ3n) is 4.15. The highest BCUT2D eigenvalue weighted by atomic mass is 16.6. The fourth-order valence-corrected chi connectivity index (χ4v) is 2.84. The minimum Gasteiger partial charge on any atom is -0.407 e. The van der Waals surface area contributed by atoms with Crippen LogP contribution < -0.4 is 5.46 Å². The first-order valence-corrected chi connectivity index (χ1v) is 7.55. The molecule has 0 atom stereocenters. The van der Waals surface area contributed by atoms with Crippen LogP contribution in [0.2, 0.25) is 0 Å². The molecule has 0 radical (unpaired) electrons. The molecule has 4 heteroatoms. The van der Waals surface area contributed by atoms with Crippen LogP contribution in [0.25, 0.3) is 0 Å². The Kier molecular flexibility index (Phi) is 4.15. The van der Waals surface area contributed by atoms with E-state index in [9.17, 15) is 0 Å². The lowest BCUT2D eigenvalue weighted by Crippen LogP contribution is -2.47. The van der Waals surface area contributed by atoms with Crippen LogP contribution in [0, 0.1) is 5.41 Å². The van der Waals surface area contributed by atoms with Crippen molar-refractivity contribution in [2.75, 3.05) is 26.4 Å². The van der Waals surface area contributed by atoms with Gasteiger partial charge in [-0.2, -0.15) is 0 Å². The molecule has 0 aromatic heterocycles. The Hall–Kier alpha value is -0.835. The molecule has 2 saturated heterocycles. The average molecular weight is 274 g/mol. The second-order valence-electron chi connectivity index (χ2n) is 6.67. The van der Waals surface area contributed by atoms with Crippen LogP contribution >= 0.6 is 0 Å². The van der Waals surface area contributed by atoms with Gasteiger partial charge in [0.15, 0.2) is 0 Å². The predicted molar refractivity (Wildman–Crippen MR) is 80.3 cm³/mol. The van der Waals surface area contributed by atoms with Gasteiger partial charge in [0.25, 0.3) is 0 Å². The summed E-state index contributed by atoms with van der Waals surface area (Å²) in [5, 5.41) is 0. The summed E-state index contributed by atoms with van der Waals surface area (Å²) in [7, 11) is -0.202. The molecule has 0 aliphatic carbocycles.